The monoisotopic (exact) mass is 135 g/mol. The van der Waals surface area contributed by atoms with Crippen molar-refractivity contribution in [2.24, 2.45) is 0 Å². The van der Waals surface area contributed by atoms with Gasteiger partial charge in [0.05, 0.1) is 6.07 Å². The Labute approximate surface area is 57.5 Å². The number of nitrogens with zero attached hydrogens (tertiary/aromatic N) is 2. The molecule has 1 aromatic rings. The topological polar surface area (TPSA) is 69.5 Å². The summed E-state index contributed by atoms with van der Waals surface area (Å²) in [5, 5.41) is 14.2. The molecule has 0 unspecified atom stereocenters. The van der Waals surface area contributed by atoms with Gasteiger partial charge < -0.3 is 0 Å². The quantitative estimate of drug-likeness (QED) is 0.600. The van der Waals surface area contributed by atoms with Crippen molar-refractivity contribution in [3.63, 3.8) is 0 Å². The van der Waals surface area contributed by atoms with Gasteiger partial charge in [0.1, 0.15) is 12.1 Å². The Bertz CT molecular complexity index is 257. The third-order valence-corrected chi connectivity index (χ3v) is 1.03. The van der Waals surface area contributed by atoms with Crippen molar-refractivity contribution in [3.05, 3.63) is 18.0 Å². The van der Waals surface area contributed by atoms with Crippen molar-refractivity contribution in [1.29, 1.82) is 5.26 Å². The lowest BCUT2D eigenvalue weighted by Gasteiger charge is -1.83. The van der Waals surface area contributed by atoms with E-state index in [-0.39, 0.29) is 12.2 Å². The molecule has 0 aliphatic carbocycles. The lowest BCUT2D eigenvalue weighted by molar-refractivity contribution is 0.0993. The van der Waals surface area contributed by atoms with Gasteiger partial charge in [0.2, 0.25) is 0 Å². The highest BCUT2D eigenvalue weighted by molar-refractivity contribution is 5.95. The Kier molecular flexibility index (Phi) is 1.80. The predicted octanol–water partition coefficient (Wildman–Crippen LogP) is 0.506. The summed E-state index contributed by atoms with van der Waals surface area (Å²) in [5.41, 5.74) is 0.321. The number of nitrogens with one attached hydrogen (secondary N) is 1. The molecule has 1 heterocycles. The number of hydrogen-bond acceptors (Lipinski definition) is 3. The molecule has 1 N–H and O–H groups in total. The highest BCUT2D eigenvalue weighted by atomic mass is 16.1. The molecule has 50 valence electrons. The van der Waals surface area contributed by atoms with E-state index in [0.717, 1.165) is 0 Å². The maximum atomic E-state index is 10.8. The van der Waals surface area contributed by atoms with Crippen LogP contribution in [0.2, 0.25) is 0 Å². The lowest BCUT2D eigenvalue weighted by atomic mass is 10.2. The van der Waals surface area contributed by atoms with Crippen molar-refractivity contribution in [2.75, 3.05) is 0 Å². The summed E-state index contributed by atoms with van der Waals surface area (Å²) in [5.74, 6) is -0.247. The number of aromatic nitrogens is 2. The molecular formula is C6H5N3O. The molecule has 0 aliphatic rings. The van der Waals surface area contributed by atoms with Crippen LogP contribution in [0.1, 0.15) is 16.9 Å². The first-order valence-corrected chi connectivity index (χ1v) is 2.74. The van der Waals surface area contributed by atoms with E-state index >= 15 is 0 Å². The van der Waals surface area contributed by atoms with Gasteiger partial charge in [-0.3, -0.25) is 9.89 Å². The zero-order valence-electron chi connectivity index (χ0n) is 5.16. The summed E-state index contributed by atoms with van der Waals surface area (Å²) in [7, 11) is 0. The second-order valence-corrected chi connectivity index (χ2v) is 1.72. The number of nitriles is 1. The van der Waals surface area contributed by atoms with E-state index in [1.165, 1.54) is 0 Å². The van der Waals surface area contributed by atoms with Crippen LogP contribution in [-0.2, 0) is 0 Å². The molecule has 1 aromatic heterocycles. The molecular weight excluding hydrogens is 130 g/mol. The number of carbonyl (C=O) groups is 1. The van der Waals surface area contributed by atoms with Crippen LogP contribution in [0.25, 0.3) is 0 Å². The van der Waals surface area contributed by atoms with Crippen LogP contribution < -0.4 is 0 Å². The van der Waals surface area contributed by atoms with Gasteiger partial charge in [0.25, 0.3) is 0 Å². The Balaban J connectivity index is 2.71. The van der Waals surface area contributed by atoms with Crippen molar-refractivity contribution < 1.29 is 4.79 Å². The summed E-state index contributed by atoms with van der Waals surface area (Å²) in [6.45, 7) is 0. The largest absolute Gasteiger partial charge is 0.291 e. The predicted molar refractivity (Wildman–Crippen MR) is 33.1 cm³/mol. The molecule has 0 aromatic carbocycles. The van der Waals surface area contributed by atoms with Crippen LogP contribution in [0.4, 0.5) is 0 Å². The van der Waals surface area contributed by atoms with Crippen LogP contribution >= 0.6 is 0 Å². The second-order valence-electron chi connectivity index (χ2n) is 1.72. The summed E-state index contributed by atoms with van der Waals surface area (Å²) in [6.07, 6.45) is 1.44. The van der Waals surface area contributed by atoms with E-state index in [9.17, 15) is 4.79 Å². The molecule has 0 radical (unpaired) electrons. The third kappa shape index (κ3) is 1.20. The molecule has 0 bridgehead atoms. The number of rotatable bonds is 2. The van der Waals surface area contributed by atoms with Gasteiger partial charge in [-0.05, 0) is 6.07 Å². The molecule has 0 saturated heterocycles. The number of ketones is 1. The van der Waals surface area contributed by atoms with Crippen molar-refractivity contribution in [1.82, 2.24) is 10.2 Å². The average Bonchev–Trinajstić information content (AvgIpc) is 2.38. The standard InChI is InChI=1S/C6H5N3O/c7-3-1-6(10)5-2-4-8-9-5/h2,4H,1H2,(H,8,9). The fraction of sp³-hybridized carbons (Fsp3) is 0.167. The van der Waals surface area contributed by atoms with Gasteiger partial charge in [-0.2, -0.15) is 10.4 Å². The number of carbonyl (C=O) groups excluding carboxylic acids is 1. The smallest absolute Gasteiger partial charge is 0.197 e. The zero-order valence-corrected chi connectivity index (χ0v) is 5.16. The van der Waals surface area contributed by atoms with Crippen molar-refractivity contribution >= 4 is 5.78 Å². The Hall–Kier alpha value is -1.63. The van der Waals surface area contributed by atoms with Crippen LogP contribution in [-0.4, -0.2) is 16.0 Å². The van der Waals surface area contributed by atoms with Gasteiger partial charge in [-0.1, -0.05) is 0 Å². The maximum Gasteiger partial charge on any atom is 0.197 e. The normalized spacial score (nSPS) is 8.70. The Morgan fingerprint density at radius 1 is 1.90 bits per heavy atom. The molecule has 0 spiro atoms. The Morgan fingerprint density at radius 3 is 3.20 bits per heavy atom. The first-order chi connectivity index (χ1) is 4.84. The second kappa shape index (κ2) is 2.78. The van der Waals surface area contributed by atoms with Gasteiger partial charge in [0, 0.05) is 6.20 Å². The highest BCUT2D eigenvalue weighted by Gasteiger charge is 2.05. The molecule has 0 aliphatic heterocycles. The minimum atomic E-state index is -0.247. The fourth-order valence-corrected chi connectivity index (χ4v) is 0.578. The molecule has 0 fully saturated rings. The van der Waals surface area contributed by atoms with E-state index in [1.807, 2.05) is 0 Å². The van der Waals surface area contributed by atoms with E-state index in [2.05, 4.69) is 10.2 Å². The number of aromatic amines is 1. The SMILES string of the molecule is N#CCC(=O)c1cc[nH]n1. The van der Waals surface area contributed by atoms with Crippen LogP contribution in [0.3, 0.4) is 0 Å². The minimum Gasteiger partial charge on any atom is -0.291 e. The van der Waals surface area contributed by atoms with Gasteiger partial charge in [-0.15, -0.1) is 0 Å². The van der Waals surface area contributed by atoms with Crippen LogP contribution in [0.15, 0.2) is 12.3 Å². The molecule has 10 heavy (non-hydrogen) atoms. The van der Waals surface area contributed by atoms with E-state index in [4.69, 9.17) is 5.26 Å². The first-order valence-electron chi connectivity index (χ1n) is 2.74. The first kappa shape index (κ1) is 6.49. The summed E-state index contributed by atoms with van der Waals surface area (Å²) >= 11 is 0. The van der Waals surface area contributed by atoms with Crippen molar-refractivity contribution in [3.8, 4) is 6.07 Å². The molecule has 1 rings (SSSR count). The van der Waals surface area contributed by atoms with Gasteiger partial charge in [-0.25, -0.2) is 0 Å². The zero-order chi connectivity index (χ0) is 7.40. The number of Topliss-reactive ketones (excluding diaryl/α,β-unsaturated/α-hetero) is 1. The molecule has 4 heteroatoms. The summed E-state index contributed by atoms with van der Waals surface area (Å²) in [4.78, 5) is 10.8. The Morgan fingerprint density at radius 2 is 2.70 bits per heavy atom. The molecule has 4 nitrogen and oxygen atoms in total. The average molecular weight is 135 g/mol. The van der Waals surface area contributed by atoms with E-state index < -0.39 is 0 Å². The van der Waals surface area contributed by atoms with Crippen LogP contribution in [0.5, 0.6) is 0 Å². The molecule has 0 saturated carbocycles. The lowest BCUT2D eigenvalue weighted by Crippen LogP contribution is -1.96. The van der Waals surface area contributed by atoms with E-state index in [0.29, 0.717) is 5.69 Å². The van der Waals surface area contributed by atoms with E-state index in [1.54, 1.807) is 18.3 Å². The summed E-state index contributed by atoms with van der Waals surface area (Å²) < 4.78 is 0. The summed E-state index contributed by atoms with van der Waals surface area (Å²) in [6, 6.07) is 3.29. The highest BCUT2D eigenvalue weighted by Crippen LogP contribution is 1.95. The maximum absolute atomic E-state index is 10.8. The fourth-order valence-electron chi connectivity index (χ4n) is 0.578. The molecule has 0 amide bonds. The number of H-pyrrole nitrogens is 1. The van der Waals surface area contributed by atoms with Gasteiger partial charge >= 0.3 is 0 Å². The van der Waals surface area contributed by atoms with Crippen molar-refractivity contribution in [2.45, 2.75) is 6.42 Å². The van der Waals surface area contributed by atoms with Crippen LogP contribution in [0, 0.1) is 11.3 Å². The molecule has 0 atom stereocenters. The van der Waals surface area contributed by atoms with Gasteiger partial charge in [0.15, 0.2) is 5.78 Å². The number of hydrogen-bond donors (Lipinski definition) is 1. The minimum absolute atomic E-state index is 0.106. The third-order valence-electron chi connectivity index (χ3n) is 1.03.